The Kier molecular flexibility index (Phi) is 4.40. The lowest BCUT2D eigenvalue weighted by atomic mass is 10.3. The molecule has 2 N–H and O–H groups in total. The van der Waals surface area contributed by atoms with Gasteiger partial charge in [-0.1, -0.05) is 29.5 Å². The number of hydrazone groups is 1. The van der Waals surface area contributed by atoms with E-state index in [1.54, 1.807) is 30.3 Å². The van der Waals surface area contributed by atoms with Crippen LogP contribution in [-0.4, -0.2) is 17.2 Å². The molecule has 2 amide bonds. The van der Waals surface area contributed by atoms with Crippen molar-refractivity contribution in [3.63, 3.8) is 0 Å². The van der Waals surface area contributed by atoms with E-state index in [9.17, 15) is 14.9 Å². The fraction of sp³-hybridized carbons (Fsp3) is 0. The predicted octanol–water partition coefficient (Wildman–Crippen LogP) is 2.81. The monoisotopic (exact) mass is 290 g/mol. The molecule has 0 aliphatic rings. The van der Waals surface area contributed by atoms with Gasteiger partial charge in [-0.05, 0) is 18.2 Å². The summed E-state index contributed by atoms with van der Waals surface area (Å²) in [4.78, 5) is 22.1. The van der Waals surface area contributed by atoms with Crippen molar-refractivity contribution in [1.82, 2.24) is 5.43 Å². The number of carbonyl (C=O) groups excluding carboxylic acids is 1. The molecule has 20 heavy (non-hydrogen) atoms. The van der Waals surface area contributed by atoms with Crippen LogP contribution < -0.4 is 10.7 Å². The van der Waals surface area contributed by atoms with Gasteiger partial charge in [-0.25, -0.2) is 10.2 Å². The zero-order valence-electron chi connectivity index (χ0n) is 10.1. The average molecular weight is 290 g/mol. The summed E-state index contributed by atoms with van der Waals surface area (Å²) in [5.41, 5.74) is 2.92. The van der Waals surface area contributed by atoms with Crippen molar-refractivity contribution in [3.8, 4) is 0 Å². The maximum absolute atomic E-state index is 11.5. The minimum atomic E-state index is -0.487. The van der Waals surface area contributed by atoms with Crippen LogP contribution in [-0.2, 0) is 0 Å². The second kappa shape index (κ2) is 6.43. The molecule has 1 aromatic carbocycles. The number of benzene rings is 1. The normalized spacial score (nSPS) is 10.4. The van der Waals surface area contributed by atoms with Crippen LogP contribution in [0.2, 0.25) is 0 Å². The first-order valence-electron chi connectivity index (χ1n) is 5.54. The van der Waals surface area contributed by atoms with Gasteiger partial charge in [-0.15, -0.1) is 0 Å². The standard InChI is InChI=1S/C12H10N4O3S/c17-12(14-9-4-2-1-3-5-9)15-13-8-10-6-7-11(20-10)16(18)19/h1-8H,(H2,14,15,17)/b13-8-. The van der Waals surface area contributed by atoms with Crippen LogP contribution in [0.1, 0.15) is 4.88 Å². The predicted molar refractivity (Wildman–Crippen MR) is 77.2 cm³/mol. The van der Waals surface area contributed by atoms with Gasteiger partial charge in [-0.3, -0.25) is 10.1 Å². The molecule has 102 valence electrons. The van der Waals surface area contributed by atoms with Crippen molar-refractivity contribution < 1.29 is 9.72 Å². The lowest BCUT2D eigenvalue weighted by Gasteiger charge is -2.02. The summed E-state index contributed by atoms with van der Waals surface area (Å²) in [5, 5.41) is 16.8. The SMILES string of the molecule is O=C(N/N=C\c1ccc([N+](=O)[O-])s1)Nc1ccccc1. The van der Waals surface area contributed by atoms with Crippen molar-refractivity contribution in [2.75, 3.05) is 5.32 Å². The molecule has 0 spiro atoms. The van der Waals surface area contributed by atoms with Crippen molar-refractivity contribution in [2.24, 2.45) is 5.10 Å². The number of urea groups is 1. The highest BCUT2D eigenvalue weighted by molar-refractivity contribution is 7.16. The third-order valence-corrected chi connectivity index (χ3v) is 3.15. The number of carbonyl (C=O) groups is 1. The second-order valence-electron chi connectivity index (χ2n) is 3.62. The molecule has 1 heterocycles. The van der Waals surface area contributed by atoms with Gasteiger partial charge < -0.3 is 5.32 Å². The molecule has 0 saturated carbocycles. The van der Waals surface area contributed by atoms with E-state index in [1.807, 2.05) is 6.07 Å². The molecule has 0 aliphatic heterocycles. The third kappa shape index (κ3) is 3.89. The molecule has 8 heteroatoms. The van der Waals surface area contributed by atoms with Crippen LogP contribution >= 0.6 is 11.3 Å². The van der Waals surface area contributed by atoms with E-state index in [1.165, 1.54) is 12.3 Å². The first-order chi connectivity index (χ1) is 9.65. The van der Waals surface area contributed by atoms with Crippen molar-refractivity contribution in [3.05, 3.63) is 57.5 Å². The molecule has 0 fully saturated rings. The fourth-order valence-corrected chi connectivity index (χ4v) is 2.04. The number of thiophene rings is 1. The van der Waals surface area contributed by atoms with E-state index >= 15 is 0 Å². The van der Waals surface area contributed by atoms with Gasteiger partial charge >= 0.3 is 11.0 Å². The van der Waals surface area contributed by atoms with Gasteiger partial charge in [0.1, 0.15) is 0 Å². The largest absolute Gasteiger partial charge is 0.339 e. The number of amides is 2. The molecule has 0 radical (unpaired) electrons. The number of nitrogens with zero attached hydrogens (tertiary/aromatic N) is 2. The Morgan fingerprint density at radius 3 is 2.65 bits per heavy atom. The summed E-state index contributed by atoms with van der Waals surface area (Å²) < 4.78 is 0. The Balaban J connectivity index is 1.86. The summed E-state index contributed by atoms with van der Waals surface area (Å²) in [6, 6.07) is 11.4. The van der Waals surface area contributed by atoms with E-state index in [4.69, 9.17) is 0 Å². The Hall–Kier alpha value is -2.74. The highest BCUT2D eigenvalue weighted by atomic mass is 32.1. The zero-order chi connectivity index (χ0) is 14.4. The number of anilines is 1. The molecule has 0 saturated heterocycles. The van der Waals surface area contributed by atoms with E-state index in [0.29, 0.717) is 10.6 Å². The van der Waals surface area contributed by atoms with Crippen LogP contribution in [0.4, 0.5) is 15.5 Å². The Labute approximate surface area is 118 Å². The van der Waals surface area contributed by atoms with Gasteiger partial charge in [0.15, 0.2) is 0 Å². The Bertz CT molecular complexity index is 639. The second-order valence-corrected chi connectivity index (χ2v) is 4.72. The molecule has 0 bridgehead atoms. The van der Waals surface area contributed by atoms with Crippen LogP contribution in [0.15, 0.2) is 47.6 Å². The number of para-hydroxylation sites is 1. The lowest BCUT2D eigenvalue weighted by Crippen LogP contribution is -2.24. The summed E-state index contributed by atoms with van der Waals surface area (Å²) in [6.07, 6.45) is 1.35. The number of rotatable bonds is 4. The van der Waals surface area contributed by atoms with E-state index in [2.05, 4.69) is 15.8 Å². The summed E-state index contributed by atoms with van der Waals surface area (Å²) >= 11 is 0.977. The smallest absolute Gasteiger partial charge is 0.307 e. The molecule has 0 unspecified atom stereocenters. The zero-order valence-corrected chi connectivity index (χ0v) is 11.0. The number of nitrogens with one attached hydrogen (secondary N) is 2. The lowest BCUT2D eigenvalue weighted by molar-refractivity contribution is -0.380. The molecule has 0 aliphatic carbocycles. The Morgan fingerprint density at radius 1 is 1.25 bits per heavy atom. The molecule has 0 atom stereocenters. The van der Waals surface area contributed by atoms with Gasteiger partial charge in [0.2, 0.25) is 0 Å². The van der Waals surface area contributed by atoms with Crippen molar-refractivity contribution in [2.45, 2.75) is 0 Å². The first-order valence-corrected chi connectivity index (χ1v) is 6.36. The number of hydrogen-bond donors (Lipinski definition) is 2. The topological polar surface area (TPSA) is 96.6 Å². The minimum absolute atomic E-state index is 0.0280. The van der Waals surface area contributed by atoms with Crippen LogP contribution in [0.25, 0.3) is 0 Å². The quantitative estimate of drug-likeness (QED) is 0.514. The van der Waals surface area contributed by atoms with Crippen LogP contribution in [0, 0.1) is 10.1 Å². The molecule has 2 aromatic rings. The molecule has 7 nitrogen and oxygen atoms in total. The van der Waals surface area contributed by atoms with E-state index in [-0.39, 0.29) is 5.00 Å². The third-order valence-electron chi connectivity index (χ3n) is 2.18. The summed E-state index contributed by atoms with van der Waals surface area (Å²) in [5.74, 6) is 0. The molecule has 1 aromatic heterocycles. The van der Waals surface area contributed by atoms with Gasteiger partial charge in [0.05, 0.1) is 16.0 Å². The molecule has 2 rings (SSSR count). The van der Waals surface area contributed by atoms with E-state index < -0.39 is 11.0 Å². The fourth-order valence-electron chi connectivity index (χ4n) is 1.34. The van der Waals surface area contributed by atoms with Gasteiger partial charge in [-0.2, -0.15) is 5.10 Å². The number of hydrogen-bond acceptors (Lipinski definition) is 5. The minimum Gasteiger partial charge on any atom is -0.307 e. The highest BCUT2D eigenvalue weighted by Crippen LogP contribution is 2.22. The van der Waals surface area contributed by atoms with Gasteiger partial charge in [0.25, 0.3) is 0 Å². The van der Waals surface area contributed by atoms with Gasteiger partial charge in [0, 0.05) is 11.8 Å². The van der Waals surface area contributed by atoms with Crippen LogP contribution in [0.3, 0.4) is 0 Å². The van der Waals surface area contributed by atoms with Crippen molar-refractivity contribution in [1.29, 1.82) is 0 Å². The number of nitro groups is 1. The average Bonchev–Trinajstić information content (AvgIpc) is 2.89. The Morgan fingerprint density at radius 2 is 2.00 bits per heavy atom. The van der Waals surface area contributed by atoms with Crippen molar-refractivity contribution >= 4 is 34.3 Å². The summed E-state index contributed by atoms with van der Waals surface area (Å²) in [6.45, 7) is 0. The highest BCUT2D eigenvalue weighted by Gasteiger charge is 2.08. The van der Waals surface area contributed by atoms with E-state index in [0.717, 1.165) is 11.3 Å². The molecular weight excluding hydrogens is 280 g/mol. The maximum Gasteiger partial charge on any atom is 0.339 e. The molecular formula is C12H10N4O3S. The summed E-state index contributed by atoms with van der Waals surface area (Å²) in [7, 11) is 0. The van der Waals surface area contributed by atoms with Crippen LogP contribution in [0.5, 0.6) is 0 Å². The maximum atomic E-state index is 11.5. The first kappa shape index (κ1) is 13.7.